The van der Waals surface area contributed by atoms with E-state index in [-0.39, 0.29) is 0 Å². The van der Waals surface area contributed by atoms with Crippen LogP contribution in [0.2, 0.25) is 0 Å². The van der Waals surface area contributed by atoms with Crippen molar-refractivity contribution in [3.05, 3.63) is 17.5 Å². The number of hydrogen-bond donors (Lipinski definition) is 1. The zero-order chi connectivity index (χ0) is 13.8. The van der Waals surface area contributed by atoms with Gasteiger partial charge in [-0.05, 0) is 19.9 Å². The smallest absolute Gasteiger partial charge is 0.151 e. The van der Waals surface area contributed by atoms with Crippen molar-refractivity contribution >= 4 is 0 Å². The highest BCUT2D eigenvalue weighted by atomic mass is 16.5. The van der Waals surface area contributed by atoms with Crippen LogP contribution in [0.5, 0.6) is 0 Å². The Morgan fingerprint density at radius 2 is 2.00 bits per heavy atom. The Balaban J connectivity index is 1.45. The van der Waals surface area contributed by atoms with Crippen molar-refractivity contribution in [2.24, 2.45) is 0 Å². The zero-order valence-corrected chi connectivity index (χ0v) is 12.5. The second-order valence-electron chi connectivity index (χ2n) is 6.07. The van der Waals surface area contributed by atoms with Gasteiger partial charge in [-0.25, -0.2) is 0 Å². The van der Waals surface area contributed by atoms with E-state index in [9.17, 15) is 0 Å². The Morgan fingerprint density at radius 1 is 1.25 bits per heavy atom. The van der Waals surface area contributed by atoms with Gasteiger partial charge in [0.25, 0.3) is 0 Å². The summed E-state index contributed by atoms with van der Waals surface area (Å²) in [7, 11) is 1.93. The van der Waals surface area contributed by atoms with Crippen molar-refractivity contribution in [2.45, 2.75) is 44.8 Å². The van der Waals surface area contributed by atoms with Crippen LogP contribution in [0.3, 0.4) is 0 Å². The molecular weight excluding hydrogens is 252 g/mol. The molecule has 0 aromatic carbocycles. The molecule has 0 radical (unpaired) electrons. The summed E-state index contributed by atoms with van der Waals surface area (Å²) < 4.78 is 5.40. The second-order valence-corrected chi connectivity index (χ2v) is 6.07. The Morgan fingerprint density at radius 3 is 2.70 bits per heavy atom. The largest absolute Gasteiger partial charge is 0.360 e. The third kappa shape index (κ3) is 3.40. The van der Waals surface area contributed by atoms with Gasteiger partial charge in [0.05, 0.1) is 12.2 Å². The fraction of sp³-hybridized carbons (Fsp3) is 0.800. The summed E-state index contributed by atoms with van der Waals surface area (Å²) >= 11 is 0. The molecule has 1 N–H and O–H groups in total. The SMILES string of the molecule is CNCc1cc(CN2CCN(C3CCCC3)CC2)on1. The van der Waals surface area contributed by atoms with Crippen LogP contribution < -0.4 is 5.32 Å². The minimum Gasteiger partial charge on any atom is -0.360 e. The first kappa shape index (κ1) is 14.0. The van der Waals surface area contributed by atoms with Crippen LogP contribution in [0.1, 0.15) is 37.1 Å². The zero-order valence-electron chi connectivity index (χ0n) is 12.5. The molecule has 0 bridgehead atoms. The van der Waals surface area contributed by atoms with E-state index in [0.29, 0.717) is 0 Å². The van der Waals surface area contributed by atoms with Crippen LogP contribution in [-0.4, -0.2) is 54.2 Å². The molecule has 2 fully saturated rings. The minimum absolute atomic E-state index is 0.777. The number of hydrogen-bond acceptors (Lipinski definition) is 5. The summed E-state index contributed by atoms with van der Waals surface area (Å²) in [5, 5.41) is 7.17. The summed E-state index contributed by atoms with van der Waals surface area (Å²) in [6.45, 7) is 6.40. The molecule has 1 aromatic rings. The average molecular weight is 278 g/mol. The molecule has 1 saturated carbocycles. The molecule has 1 aliphatic carbocycles. The molecule has 112 valence electrons. The molecular formula is C15H26N4O. The molecule has 1 saturated heterocycles. The van der Waals surface area contributed by atoms with Crippen LogP contribution in [0.15, 0.2) is 10.6 Å². The van der Waals surface area contributed by atoms with Gasteiger partial charge < -0.3 is 9.84 Å². The van der Waals surface area contributed by atoms with E-state index < -0.39 is 0 Å². The van der Waals surface area contributed by atoms with Gasteiger partial charge in [-0.1, -0.05) is 18.0 Å². The molecule has 0 amide bonds. The van der Waals surface area contributed by atoms with Gasteiger partial charge >= 0.3 is 0 Å². The van der Waals surface area contributed by atoms with E-state index in [4.69, 9.17) is 4.52 Å². The van der Waals surface area contributed by atoms with E-state index in [2.05, 4.69) is 26.3 Å². The topological polar surface area (TPSA) is 44.5 Å². The lowest BCUT2D eigenvalue weighted by Gasteiger charge is -2.37. The third-order valence-electron chi connectivity index (χ3n) is 4.59. The summed E-state index contributed by atoms with van der Waals surface area (Å²) in [4.78, 5) is 5.17. The fourth-order valence-electron chi connectivity index (χ4n) is 3.47. The standard InChI is InChI=1S/C15H26N4O/c1-16-11-13-10-15(20-17-13)12-18-6-8-19(9-7-18)14-4-2-3-5-14/h10,14,16H,2-9,11-12H2,1H3. The maximum absolute atomic E-state index is 5.40. The fourth-order valence-corrected chi connectivity index (χ4v) is 3.47. The second kappa shape index (κ2) is 6.70. The van der Waals surface area contributed by atoms with Gasteiger partial charge in [-0.2, -0.15) is 0 Å². The van der Waals surface area contributed by atoms with Crippen LogP contribution >= 0.6 is 0 Å². The van der Waals surface area contributed by atoms with Gasteiger partial charge in [0.1, 0.15) is 0 Å². The van der Waals surface area contributed by atoms with E-state index >= 15 is 0 Å². The number of aromatic nitrogens is 1. The highest BCUT2D eigenvalue weighted by molar-refractivity contribution is 5.05. The molecule has 2 heterocycles. The summed E-state index contributed by atoms with van der Waals surface area (Å²) in [6.07, 6.45) is 5.68. The average Bonchev–Trinajstić information content (AvgIpc) is 3.12. The van der Waals surface area contributed by atoms with Crippen LogP contribution in [-0.2, 0) is 13.1 Å². The Hall–Kier alpha value is -0.910. The molecule has 0 spiro atoms. The first-order chi connectivity index (χ1) is 9.85. The minimum atomic E-state index is 0.777. The molecule has 5 heteroatoms. The van der Waals surface area contributed by atoms with Gasteiger partial charge in [0.15, 0.2) is 5.76 Å². The van der Waals surface area contributed by atoms with Gasteiger partial charge in [0.2, 0.25) is 0 Å². The quantitative estimate of drug-likeness (QED) is 0.883. The maximum atomic E-state index is 5.40. The predicted molar refractivity (Wildman–Crippen MR) is 78.4 cm³/mol. The van der Waals surface area contributed by atoms with Crippen molar-refractivity contribution in [3.8, 4) is 0 Å². The molecule has 2 aliphatic rings. The predicted octanol–water partition coefficient (Wildman–Crippen LogP) is 1.45. The highest BCUT2D eigenvalue weighted by Gasteiger charge is 2.26. The lowest BCUT2D eigenvalue weighted by atomic mass is 10.2. The first-order valence-electron chi connectivity index (χ1n) is 7.90. The monoisotopic (exact) mass is 278 g/mol. The van der Waals surface area contributed by atoms with Crippen molar-refractivity contribution in [1.29, 1.82) is 0 Å². The van der Waals surface area contributed by atoms with Crippen LogP contribution in [0.4, 0.5) is 0 Å². The molecule has 0 atom stereocenters. The molecule has 1 aromatic heterocycles. The van der Waals surface area contributed by atoms with E-state index in [1.807, 2.05) is 7.05 Å². The Bertz CT molecular complexity index is 406. The number of piperazine rings is 1. The van der Waals surface area contributed by atoms with Crippen LogP contribution in [0.25, 0.3) is 0 Å². The first-order valence-corrected chi connectivity index (χ1v) is 7.90. The van der Waals surface area contributed by atoms with E-state index in [1.54, 1.807) is 0 Å². The lowest BCUT2D eigenvalue weighted by Crippen LogP contribution is -2.49. The third-order valence-corrected chi connectivity index (χ3v) is 4.59. The van der Waals surface area contributed by atoms with Gasteiger partial charge in [-0.15, -0.1) is 0 Å². The maximum Gasteiger partial charge on any atom is 0.151 e. The molecule has 1 aliphatic heterocycles. The van der Waals surface area contributed by atoms with E-state index in [1.165, 1.54) is 38.8 Å². The van der Waals surface area contributed by atoms with Crippen molar-refractivity contribution in [1.82, 2.24) is 20.3 Å². The number of rotatable bonds is 5. The van der Waals surface area contributed by atoms with Gasteiger partial charge in [-0.3, -0.25) is 9.80 Å². The number of nitrogens with one attached hydrogen (secondary N) is 1. The van der Waals surface area contributed by atoms with Crippen molar-refractivity contribution in [2.75, 3.05) is 33.2 Å². The molecule has 5 nitrogen and oxygen atoms in total. The summed E-state index contributed by atoms with van der Waals surface area (Å²) in [5.74, 6) is 0.990. The molecule has 3 rings (SSSR count). The van der Waals surface area contributed by atoms with Gasteiger partial charge in [0, 0.05) is 44.8 Å². The molecule has 0 unspecified atom stereocenters. The number of nitrogens with zero attached hydrogens (tertiary/aromatic N) is 3. The highest BCUT2D eigenvalue weighted by Crippen LogP contribution is 2.24. The van der Waals surface area contributed by atoms with Crippen molar-refractivity contribution < 1.29 is 4.52 Å². The summed E-state index contributed by atoms with van der Waals surface area (Å²) in [6, 6.07) is 2.93. The Labute approximate surface area is 121 Å². The molecule has 20 heavy (non-hydrogen) atoms. The van der Waals surface area contributed by atoms with E-state index in [0.717, 1.165) is 43.7 Å². The van der Waals surface area contributed by atoms with Crippen LogP contribution in [0, 0.1) is 0 Å². The van der Waals surface area contributed by atoms with Crippen molar-refractivity contribution in [3.63, 3.8) is 0 Å². The Kier molecular flexibility index (Phi) is 4.70. The lowest BCUT2D eigenvalue weighted by molar-refractivity contribution is 0.0879. The normalized spacial score (nSPS) is 22.6. The summed E-state index contributed by atoms with van der Waals surface area (Å²) in [5.41, 5.74) is 0.993.